The summed E-state index contributed by atoms with van der Waals surface area (Å²) < 4.78 is 5.84. The Labute approximate surface area is 158 Å². The molecule has 0 saturated heterocycles. The first-order chi connectivity index (χ1) is 11.6. The van der Waals surface area contributed by atoms with Crippen LogP contribution in [-0.4, -0.2) is 25.1 Å². The van der Waals surface area contributed by atoms with E-state index in [1.165, 1.54) is 18.4 Å². The Morgan fingerprint density at radius 1 is 1.24 bits per heavy atom. The second-order valence-corrected chi connectivity index (χ2v) is 7.03. The Morgan fingerprint density at radius 2 is 2.00 bits per heavy atom. The smallest absolute Gasteiger partial charge is 0.220 e. The van der Waals surface area contributed by atoms with Crippen molar-refractivity contribution >= 4 is 18.3 Å². The first-order valence-electron chi connectivity index (χ1n) is 9.29. The van der Waals surface area contributed by atoms with Gasteiger partial charge in [-0.1, -0.05) is 25.0 Å². The standard InChI is InChI=1S/C20H32N2O2.ClH/c1-15-10-11-16(2)19(13-15)24-12-6-5-9-20(23)22-18-8-4-3-7-17(18)14-21;/h10-11,13,17-18H,3-9,12,14,21H2,1-2H3,(H,22,23);1H. The van der Waals surface area contributed by atoms with Crippen molar-refractivity contribution in [3.05, 3.63) is 29.3 Å². The molecule has 4 nitrogen and oxygen atoms in total. The molecule has 142 valence electrons. The lowest BCUT2D eigenvalue weighted by atomic mass is 9.84. The molecule has 2 rings (SSSR count). The number of carbonyl (C=O) groups is 1. The zero-order chi connectivity index (χ0) is 17.4. The normalized spacial score (nSPS) is 19.8. The fraction of sp³-hybridized carbons (Fsp3) is 0.650. The van der Waals surface area contributed by atoms with Gasteiger partial charge in [-0.2, -0.15) is 0 Å². The van der Waals surface area contributed by atoms with Crippen LogP contribution in [0.2, 0.25) is 0 Å². The van der Waals surface area contributed by atoms with Gasteiger partial charge in [-0.15, -0.1) is 12.4 Å². The molecule has 0 bridgehead atoms. The highest BCUT2D eigenvalue weighted by Crippen LogP contribution is 2.23. The highest BCUT2D eigenvalue weighted by molar-refractivity contribution is 5.85. The number of nitrogens with one attached hydrogen (secondary N) is 1. The maximum Gasteiger partial charge on any atom is 0.220 e. The van der Waals surface area contributed by atoms with Gasteiger partial charge in [-0.05, 0) is 69.2 Å². The largest absolute Gasteiger partial charge is 0.493 e. The number of amides is 1. The zero-order valence-corrected chi connectivity index (χ0v) is 16.4. The third-order valence-electron chi connectivity index (χ3n) is 4.96. The number of aryl methyl sites for hydroxylation is 2. The van der Waals surface area contributed by atoms with Crippen LogP contribution in [0.5, 0.6) is 5.75 Å². The molecule has 1 aromatic rings. The van der Waals surface area contributed by atoms with Crippen molar-refractivity contribution < 1.29 is 9.53 Å². The van der Waals surface area contributed by atoms with Crippen LogP contribution >= 0.6 is 12.4 Å². The van der Waals surface area contributed by atoms with Gasteiger partial charge in [0.1, 0.15) is 5.75 Å². The summed E-state index contributed by atoms with van der Waals surface area (Å²) in [5, 5.41) is 3.19. The van der Waals surface area contributed by atoms with Crippen molar-refractivity contribution in [2.45, 2.75) is 64.8 Å². The summed E-state index contributed by atoms with van der Waals surface area (Å²) in [6.07, 6.45) is 6.98. The van der Waals surface area contributed by atoms with Crippen LogP contribution in [0.25, 0.3) is 0 Å². The molecule has 1 amide bonds. The van der Waals surface area contributed by atoms with E-state index in [-0.39, 0.29) is 24.4 Å². The third kappa shape index (κ3) is 7.25. The average molecular weight is 369 g/mol. The molecule has 1 aromatic carbocycles. The minimum atomic E-state index is 0. The van der Waals surface area contributed by atoms with Gasteiger partial charge in [-0.25, -0.2) is 0 Å². The molecule has 2 unspecified atom stereocenters. The molecular weight excluding hydrogens is 336 g/mol. The lowest BCUT2D eigenvalue weighted by molar-refractivity contribution is -0.122. The molecule has 0 aliphatic heterocycles. The number of carbonyl (C=O) groups excluding carboxylic acids is 1. The van der Waals surface area contributed by atoms with Crippen molar-refractivity contribution in [1.29, 1.82) is 0 Å². The highest BCUT2D eigenvalue weighted by atomic mass is 35.5. The predicted octanol–water partition coefficient (Wildman–Crippen LogP) is 3.91. The molecular formula is C20H33ClN2O2. The van der Waals surface area contributed by atoms with E-state index >= 15 is 0 Å². The molecule has 3 N–H and O–H groups in total. The highest BCUT2D eigenvalue weighted by Gasteiger charge is 2.24. The fourth-order valence-corrected chi connectivity index (χ4v) is 3.39. The SMILES string of the molecule is Cc1ccc(C)c(OCCCCC(=O)NC2CCCCC2CN)c1.Cl. The molecule has 5 heteroatoms. The Kier molecular flexibility index (Phi) is 9.91. The van der Waals surface area contributed by atoms with E-state index in [0.717, 1.165) is 37.0 Å². The molecule has 0 spiro atoms. The monoisotopic (exact) mass is 368 g/mol. The van der Waals surface area contributed by atoms with Crippen LogP contribution < -0.4 is 15.8 Å². The molecule has 0 radical (unpaired) electrons. The molecule has 1 aliphatic carbocycles. The molecule has 25 heavy (non-hydrogen) atoms. The van der Waals surface area contributed by atoms with Gasteiger partial charge in [0.15, 0.2) is 0 Å². The zero-order valence-electron chi connectivity index (χ0n) is 15.6. The summed E-state index contributed by atoms with van der Waals surface area (Å²) in [6.45, 7) is 5.46. The van der Waals surface area contributed by atoms with Crippen LogP contribution in [0.1, 0.15) is 56.1 Å². The second kappa shape index (κ2) is 11.4. The van der Waals surface area contributed by atoms with Gasteiger partial charge >= 0.3 is 0 Å². The fourth-order valence-electron chi connectivity index (χ4n) is 3.39. The van der Waals surface area contributed by atoms with Crippen LogP contribution in [0.15, 0.2) is 18.2 Å². The van der Waals surface area contributed by atoms with Gasteiger partial charge in [0.05, 0.1) is 6.61 Å². The van der Waals surface area contributed by atoms with Gasteiger partial charge in [-0.3, -0.25) is 4.79 Å². The van der Waals surface area contributed by atoms with Crippen molar-refractivity contribution in [3.8, 4) is 5.75 Å². The van der Waals surface area contributed by atoms with Gasteiger partial charge in [0, 0.05) is 12.5 Å². The van der Waals surface area contributed by atoms with E-state index in [2.05, 4.69) is 37.4 Å². The van der Waals surface area contributed by atoms with E-state index in [9.17, 15) is 4.79 Å². The van der Waals surface area contributed by atoms with Crippen LogP contribution in [-0.2, 0) is 4.79 Å². The second-order valence-electron chi connectivity index (χ2n) is 7.03. The average Bonchev–Trinajstić information content (AvgIpc) is 2.58. The lowest BCUT2D eigenvalue weighted by Crippen LogP contribution is -2.44. The van der Waals surface area contributed by atoms with Gasteiger partial charge in [0.25, 0.3) is 0 Å². The van der Waals surface area contributed by atoms with Crippen LogP contribution in [0, 0.1) is 19.8 Å². The quantitative estimate of drug-likeness (QED) is 0.684. The molecule has 1 saturated carbocycles. The third-order valence-corrected chi connectivity index (χ3v) is 4.96. The summed E-state index contributed by atoms with van der Waals surface area (Å²) in [6, 6.07) is 6.52. The first kappa shape index (κ1) is 21.8. The van der Waals surface area contributed by atoms with E-state index in [0.29, 0.717) is 25.5 Å². The summed E-state index contributed by atoms with van der Waals surface area (Å²) in [5.74, 6) is 1.56. The van der Waals surface area contributed by atoms with E-state index in [1.54, 1.807) is 0 Å². The number of halogens is 1. The number of hydrogen-bond donors (Lipinski definition) is 2. The predicted molar refractivity (Wildman–Crippen MR) is 105 cm³/mol. The Bertz CT molecular complexity index is 536. The summed E-state index contributed by atoms with van der Waals surface area (Å²) in [4.78, 5) is 12.1. The maximum atomic E-state index is 12.1. The number of ether oxygens (including phenoxy) is 1. The summed E-state index contributed by atoms with van der Waals surface area (Å²) in [7, 11) is 0. The summed E-state index contributed by atoms with van der Waals surface area (Å²) >= 11 is 0. The van der Waals surface area contributed by atoms with E-state index < -0.39 is 0 Å². The number of rotatable bonds is 8. The number of unbranched alkanes of at least 4 members (excludes halogenated alkanes) is 1. The topological polar surface area (TPSA) is 64.3 Å². The Hall–Kier alpha value is -1.26. The number of benzene rings is 1. The van der Waals surface area contributed by atoms with Crippen LogP contribution in [0.3, 0.4) is 0 Å². The number of nitrogens with two attached hydrogens (primary N) is 1. The van der Waals surface area contributed by atoms with Crippen molar-refractivity contribution in [2.24, 2.45) is 11.7 Å². The molecule has 0 aromatic heterocycles. The molecule has 0 heterocycles. The van der Waals surface area contributed by atoms with E-state index in [4.69, 9.17) is 10.5 Å². The first-order valence-corrected chi connectivity index (χ1v) is 9.29. The molecule has 2 atom stereocenters. The molecule has 1 fully saturated rings. The van der Waals surface area contributed by atoms with Gasteiger partial charge in [0.2, 0.25) is 5.91 Å². The van der Waals surface area contributed by atoms with Crippen molar-refractivity contribution in [2.75, 3.05) is 13.2 Å². The van der Waals surface area contributed by atoms with Crippen LogP contribution in [0.4, 0.5) is 0 Å². The minimum Gasteiger partial charge on any atom is -0.493 e. The molecule has 1 aliphatic rings. The number of hydrogen-bond acceptors (Lipinski definition) is 3. The Balaban J connectivity index is 0.00000312. The van der Waals surface area contributed by atoms with Crippen molar-refractivity contribution in [1.82, 2.24) is 5.32 Å². The summed E-state index contributed by atoms with van der Waals surface area (Å²) in [5.41, 5.74) is 8.18. The lowest BCUT2D eigenvalue weighted by Gasteiger charge is -2.31. The van der Waals surface area contributed by atoms with Crippen molar-refractivity contribution in [3.63, 3.8) is 0 Å². The van der Waals surface area contributed by atoms with Gasteiger partial charge < -0.3 is 15.8 Å². The maximum absolute atomic E-state index is 12.1. The Morgan fingerprint density at radius 3 is 2.76 bits per heavy atom. The van der Waals surface area contributed by atoms with E-state index in [1.807, 2.05) is 0 Å². The minimum absolute atomic E-state index is 0.